The summed E-state index contributed by atoms with van der Waals surface area (Å²) < 4.78 is 4.72. The molecule has 1 saturated heterocycles. The molecule has 1 aliphatic rings. The van der Waals surface area contributed by atoms with Crippen molar-refractivity contribution in [2.75, 3.05) is 33.4 Å². The van der Waals surface area contributed by atoms with Crippen LogP contribution in [0.3, 0.4) is 0 Å². The fourth-order valence-electron chi connectivity index (χ4n) is 2.60. The third kappa shape index (κ3) is 4.01. The van der Waals surface area contributed by atoms with E-state index in [9.17, 15) is 15.0 Å². The van der Waals surface area contributed by atoms with Crippen LogP contribution in [0.5, 0.6) is 0 Å². The number of nitrogens with one attached hydrogen (secondary N) is 1. The van der Waals surface area contributed by atoms with Crippen molar-refractivity contribution in [3.8, 4) is 0 Å². The second kappa shape index (κ2) is 7.15. The van der Waals surface area contributed by atoms with E-state index in [1.165, 1.54) is 7.11 Å². The van der Waals surface area contributed by atoms with Gasteiger partial charge in [-0.3, -0.25) is 14.7 Å². The summed E-state index contributed by atoms with van der Waals surface area (Å²) in [5, 5.41) is 23.2. The molecule has 22 heavy (non-hydrogen) atoms. The number of methoxy groups -OCH3 is 1. The van der Waals surface area contributed by atoms with E-state index in [1.807, 2.05) is 24.0 Å². The molecular weight excluding hydrogens is 286 g/mol. The monoisotopic (exact) mass is 309 g/mol. The van der Waals surface area contributed by atoms with Crippen LogP contribution in [0.4, 0.5) is 0 Å². The summed E-state index contributed by atoms with van der Waals surface area (Å²) in [5.74, 6) is -0.317. The second-order valence-electron chi connectivity index (χ2n) is 5.77. The van der Waals surface area contributed by atoms with Crippen LogP contribution >= 0.6 is 0 Å². The number of β-amino-alcohol motifs (C(OH)–C–C–N with tert-alkyl or cyclic N) is 2. The van der Waals surface area contributed by atoms with Gasteiger partial charge < -0.3 is 20.3 Å². The van der Waals surface area contributed by atoms with Crippen LogP contribution in [-0.4, -0.2) is 71.1 Å². The summed E-state index contributed by atoms with van der Waals surface area (Å²) in [6.07, 6.45) is 0.811. The molecule has 7 nitrogen and oxygen atoms in total. The van der Waals surface area contributed by atoms with E-state index in [2.05, 4.69) is 10.3 Å². The Hall–Kier alpha value is -1.54. The lowest BCUT2D eigenvalue weighted by Gasteiger charge is -2.26. The van der Waals surface area contributed by atoms with Crippen molar-refractivity contribution < 1.29 is 19.7 Å². The van der Waals surface area contributed by atoms with Gasteiger partial charge in [0.1, 0.15) is 12.2 Å². The van der Waals surface area contributed by atoms with Crippen LogP contribution in [0.15, 0.2) is 18.3 Å². The molecule has 0 unspecified atom stereocenters. The van der Waals surface area contributed by atoms with Crippen molar-refractivity contribution in [1.82, 2.24) is 15.2 Å². The van der Waals surface area contributed by atoms with E-state index in [1.54, 1.807) is 6.20 Å². The number of carbonyl (C=O) groups is 1. The normalized spacial score (nSPS) is 25.4. The van der Waals surface area contributed by atoms with Crippen molar-refractivity contribution in [1.29, 1.82) is 0 Å². The van der Waals surface area contributed by atoms with E-state index in [0.29, 0.717) is 13.1 Å². The highest BCUT2D eigenvalue weighted by atomic mass is 16.5. The van der Waals surface area contributed by atoms with Crippen LogP contribution in [0.2, 0.25) is 0 Å². The van der Waals surface area contributed by atoms with E-state index < -0.39 is 11.7 Å². The number of aliphatic hydroxyl groups is 2. The topological polar surface area (TPSA) is 94.9 Å². The number of aromatic nitrogens is 1. The molecule has 2 atom stereocenters. The van der Waals surface area contributed by atoms with Gasteiger partial charge in [-0.25, -0.2) is 0 Å². The highest BCUT2D eigenvalue weighted by molar-refractivity contribution is 5.77. The Morgan fingerprint density at radius 1 is 1.64 bits per heavy atom. The fourth-order valence-corrected chi connectivity index (χ4v) is 2.60. The zero-order valence-corrected chi connectivity index (χ0v) is 13.0. The van der Waals surface area contributed by atoms with E-state index in [4.69, 9.17) is 4.74 Å². The van der Waals surface area contributed by atoms with Crippen molar-refractivity contribution in [3.63, 3.8) is 0 Å². The van der Waals surface area contributed by atoms with Crippen LogP contribution < -0.4 is 5.32 Å². The summed E-state index contributed by atoms with van der Waals surface area (Å²) in [4.78, 5) is 17.7. The Kier molecular flexibility index (Phi) is 5.47. The zero-order chi connectivity index (χ0) is 16.2. The van der Waals surface area contributed by atoms with Gasteiger partial charge in [0.2, 0.25) is 5.91 Å². The van der Waals surface area contributed by atoms with Crippen molar-refractivity contribution >= 4 is 5.91 Å². The number of rotatable bonds is 6. The number of pyridine rings is 1. The summed E-state index contributed by atoms with van der Waals surface area (Å²) in [5.41, 5.74) is 0.634. The largest absolute Gasteiger partial charge is 0.389 e. The number of ether oxygens (including phenoxy) is 1. The molecule has 0 aliphatic carbocycles. The number of hydrogen-bond acceptors (Lipinski definition) is 6. The standard InChI is InChI=1S/C15H23N3O4/c1-11-4-3-5-16-12(11)6-18-7-13(19)15(21,10-18)9-17-14(20)8-22-2/h3-5,13,19,21H,6-10H2,1-2H3,(H,17,20)/t13-,15+/m1/s1. The molecule has 0 aromatic carbocycles. The molecule has 1 aromatic heterocycles. The quantitative estimate of drug-likeness (QED) is 0.628. The number of nitrogens with zero attached hydrogens (tertiary/aromatic N) is 2. The average Bonchev–Trinajstić information content (AvgIpc) is 2.75. The zero-order valence-electron chi connectivity index (χ0n) is 13.0. The number of aryl methyl sites for hydroxylation is 1. The van der Waals surface area contributed by atoms with Gasteiger partial charge in [0.25, 0.3) is 0 Å². The first-order chi connectivity index (χ1) is 10.4. The summed E-state index contributed by atoms with van der Waals surface area (Å²) in [6, 6.07) is 3.85. The molecule has 3 N–H and O–H groups in total. The van der Waals surface area contributed by atoms with Gasteiger partial charge in [-0.2, -0.15) is 0 Å². The first-order valence-electron chi connectivity index (χ1n) is 7.23. The van der Waals surface area contributed by atoms with E-state index in [0.717, 1.165) is 11.3 Å². The maximum atomic E-state index is 11.4. The van der Waals surface area contributed by atoms with Gasteiger partial charge in [-0.1, -0.05) is 6.07 Å². The molecule has 0 spiro atoms. The molecule has 1 aliphatic heterocycles. The molecule has 1 amide bonds. The Balaban J connectivity index is 1.93. The lowest BCUT2D eigenvalue weighted by atomic mass is 10.0. The van der Waals surface area contributed by atoms with Gasteiger partial charge in [0, 0.05) is 32.9 Å². The highest BCUT2D eigenvalue weighted by Crippen LogP contribution is 2.23. The molecule has 0 radical (unpaired) electrons. The predicted octanol–water partition coefficient (Wildman–Crippen LogP) is -0.940. The molecule has 122 valence electrons. The van der Waals surface area contributed by atoms with Crippen molar-refractivity contribution in [2.24, 2.45) is 0 Å². The lowest BCUT2D eigenvalue weighted by Crippen LogP contribution is -2.51. The summed E-state index contributed by atoms with van der Waals surface area (Å²) >= 11 is 0. The van der Waals surface area contributed by atoms with Gasteiger partial charge in [-0.05, 0) is 18.6 Å². The predicted molar refractivity (Wildman–Crippen MR) is 80.1 cm³/mol. The minimum absolute atomic E-state index is 0.00589. The number of carbonyl (C=O) groups excluding carboxylic acids is 1. The average molecular weight is 309 g/mol. The van der Waals surface area contributed by atoms with Gasteiger partial charge in [0.05, 0.1) is 18.3 Å². The van der Waals surface area contributed by atoms with Gasteiger partial charge in [0.15, 0.2) is 0 Å². The second-order valence-corrected chi connectivity index (χ2v) is 5.77. The molecule has 2 rings (SSSR count). The lowest BCUT2D eigenvalue weighted by molar-refractivity contribution is -0.126. The van der Waals surface area contributed by atoms with Crippen LogP contribution in [0, 0.1) is 6.92 Å². The number of aliphatic hydroxyl groups excluding tert-OH is 1. The molecule has 1 fully saturated rings. The Morgan fingerprint density at radius 3 is 3.09 bits per heavy atom. The molecule has 0 bridgehead atoms. The molecule has 2 heterocycles. The summed E-state index contributed by atoms with van der Waals surface area (Å²) in [6.45, 7) is 3.07. The third-order valence-electron chi connectivity index (χ3n) is 3.91. The van der Waals surface area contributed by atoms with Crippen LogP contribution in [0.1, 0.15) is 11.3 Å². The molecule has 7 heteroatoms. The Morgan fingerprint density at radius 2 is 2.41 bits per heavy atom. The SMILES string of the molecule is COCC(=O)NC[C@]1(O)CN(Cc2ncccc2C)C[C@H]1O. The maximum Gasteiger partial charge on any atom is 0.246 e. The molecular formula is C15H23N3O4. The Labute approximate surface area is 129 Å². The van der Waals surface area contributed by atoms with Crippen molar-refractivity contribution in [2.45, 2.75) is 25.2 Å². The third-order valence-corrected chi connectivity index (χ3v) is 3.91. The number of likely N-dealkylation sites (tertiary alicyclic amines) is 1. The molecule has 0 saturated carbocycles. The van der Waals surface area contributed by atoms with Gasteiger partial charge >= 0.3 is 0 Å². The minimum Gasteiger partial charge on any atom is -0.389 e. The first kappa shape index (κ1) is 16.8. The van der Waals surface area contributed by atoms with Crippen molar-refractivity contribution in [3.05, 3.63) is 29.6 Å². The summed E-state index contributed by atoms with van der Waals surface area (Å²) in [7, 11) is 1.43. The Bertz CT molecular complexity index is 525. The maximum absolute atomic E-state index is 11.4. The van der Waals surface area contributed by atoms with Gasteiger partial charge in [-0.15, -0.1) is 0 Å². The minimum atomic E-state index is -1.36. The molecule has 1 aromatic rings. The first-order valence-corrected chi connectivity index (χ1v) is 7.23. The van der Waals surface area contributed by atoms with E-state index in [-0.39, 0.29) is 25.6 Å². The smallest absolute Gasteiger partial charge is 0.246 e. The number of hydrogen-bond donors (Lipinski definition) is 3. The van der Waals surface area contributed by atoms with E-state index >= 15 is 0 Å². The van der Waals surface area contributed by atoms with Crippen LogP contribution in [-0.2, 0) is 16.1 Å². The highest BCUT2D eigenvalue weighted by Gasteiger charge is 2.44. The number of amides is 1. The van der Waals surface area contributed by atoms with Crippen LogP contribution in [0.25, 0.3) is 0 Å². The fraction of sp³-hybridized carbons (Fsp3) is 0.600.